The molecule has 3 rings (SSSR count). The molecule has 27 heavy (non-hydrogen) atoms. The highest BCUT2D eigenvalue weighted by molar-refractivity contribution is 7.91. The molecule has 0 radical (unpaired) electrons. The van der Waals surface area contributed by atoms with Gasteiger partial charge in [0, 0.05) is 17.3 Å². The zero-order chi connectivity index (χ0) is 19.8. The van der Waals surface area contributed by atoms with Crippen LogP contribution in [-0.2, 0) is 19.4 Å². The van der Waals surface area contributed by atoms with Crippen molar-refractivity contribution >= 4 is 43.1 Å². The average molecular weight is 410 g/mol. The zero-order valence-electron chi connectivity index (χ0n) is 15.6. The first-order chi connectivity index (χ1) is 12.7. The molecule has 0 N–H and O–H groups in total. The smallest absolute Gasteiger partial charge is 0.349 e. The first-order valence-corrected chi connectivity index (χ1v) is 11.6. The molecule has 2 atom stereocenters. The van der Waals surface area contributed by atoms with Gasteiger partial charge in [0.15, 0.2) is 15.9 Å². The van der Waals surface area contributed by atoms with Crippen molar-refractivity contribution in [1.82, 2.24) is 4.90 Å². The molecule has 1 aromatic heterocycles. The highest BCUT2D eigenvalue weighted by atomic mass is 32.2. The van der Waals surface area contributed by atoms with E-state index in [2.05, 4.69) is 0 Å². The van der Waals surface area contributed by atoms with Gasteiger partial charge in [-0.05, 0) is 44.2 Å². The molecule has 1 aromatic carbocycles. The fourth-order valence-electron chi connectivity index (χ4n) is 3.48. The number of sulfone groups is 1. The third-order valence-electron chi connectivity index (χ3n) is 4.93. The van der Waals surface area contributed by atoms with Crippen LogP contribution < -0.4 is 0 Å². The Kier molecular flexibility index (Phi) is 5.58. The van der Waals surface area contributed by atoms with E-state index < -0.39 is 21.9 Å². The van der Waals surface area contributed by atoms with Crippen LogP contribution in [0.3, 0.4) is 0 Å². The number of hydrogen-bond acceptors (Lipinski definition) is 6. The Balaban J connectivity index is 1.73. The highest BCUT2D eigenvalue weighted by Crippen LogP contribution is 2.31. The van der Waals surface area contributed by atoms with Gasteiger partial charge in [0.05, 0.1) is 11.5 Å². The van der Waals surface area contributed by atoms with Crippen molar-refractivity contribution in [3.8, 4) is 0 Å². The molecule has 6 nitrogen and oxygen atoms in total. The maximum atomic E-state index is 12.8. The zero-order valence-corrected chi connectivity index (χ0v) is 17.2. The Morgan fingerprint density at radius 1 is 1.33 bits per heavy atom. The Morgan fingerprint density at radius 2 is 2.04 bits per heavy atom. The van der Waals surface area contributed by atoms with Gasteiger partial charge in [0.2, 0.25) is 0 Å². The fraction of sp³-hybridized carbons (Fsp3) is 0.474. The van der Waals surface area contributed by atoms with E-state index in [0.29, 0.717) is 17.8 Å². The summed E-state index contributed by atoms with van der Waals surface area (Å²) in [4.78, 5) is 27.4. The summed E-state index contributed by atoms with van der Waals surface area (Å²) in [7, 11) is -3.10. The Bertz CT molecular complexity index is 979. The van der Waals surface area contributed by atoms with Crippen LogP contribution in [0.25, 0.3) is 10.1 Å². The number of hydrogen-bond donors (Lipinski definition) is 0. The van der Waals surface area contributed by atoms with Crippen LogP contribution in [0.5, 0.6) is 0 Å². The number of fused-ring (bicyclic) bond motifs is 1. The number of benzene rings is 1. The summed E-state index contributed by atoms with van der Waals surface area (Å²) in [6, 6.07) is 7.37. The molecule has 1 aliphatic rings. The number of aryl methyl sites for hydroxylation is 1. The minimum Gasteiger partial charge on any atom is -0.448 e. The molecule has 2 aromatic rings. The van der Waals surface area contributed by atoms with Gasteiger partial charge in [0.1, 0.15) is 4.88 Å². The molecular formula is C19H23NO5S2. The van der Waals surface area contributed by atoms with Crippen molar-refractivity contribution in [3.05, 3.63) is 34.7 Å². The lowest BCUT2D eigenvalue weighted by molar-refractivity contribution is -0.141. The number of nitrogens with zero attached hydrogens (tertiary/aromatic N) is 1. The molecule has 8 heteroatoms. The maximum Gasteiger partial charge on any atom is 0.349 e. The van der Waals surface area contributed by atoms with Crippen molar-refractivity contribution in [2.24, 2.45) is 0 Å². The monoisotopic (exact) mass is 409 g/mol. The van der Waals surface area contributed by atoms with Crippen molar-refractivity contribution in [2.75, 3.05) is 18.1 Å². The first-order valence-electron chi connectivity index (χ1n) is 8.93. The van der Waals surface area contributed by atoms with E-state index in [9.17, 15) is 18.0 Å². The topological polar surface area (TPSA) is 80.8 Å². The van der Waals surface area contributed by atoms with Crippen LogP contribution in [-0.4, -0.2) is 55.4 Å². The third kappa shape index (κ3) is 4.01. The lowest BCUT2D eigenvalue weighted by Gasteiger charge is -2.29. The van der Waals surface area contributed by atoms with Gasteiger partial charge in [-0.25, -0.2) is 13.2 Å². The molecule has 1 amide bonds. The lowest BCUT2D eigenvalue weighted by atomic mass is 10.1. The summed E-state index contributed by atoms with van der Waals surface area (Å²) in [6.07, 6.45) is -0.539. The number of amides is 1. The summed E-state index contributed by atoms with van der Waals surface area (Å²) >= 11 is 1.35. The Morgan fingerprint density at radius 3 is 2.63 bits per heavy atom. The second-order valence-electron chi connectivity index (χ2n) is 6.78. The van der Waals surface area contributed by atoms with Crippen molar-refractivity contribution in [3.63, 3.8) is 0 Å². The minimum atomic E-state index is -3.10. The van der Waals surface area contributed by atoms with Gasteiger partial charge in [-0.1, -0.05) is 18.2 Å². The molecule has 0 spiro atoms. The lowest BCUT2D eigenvalue weighted by Crippen LogP contribution is -2.46. The number of thiophene rings is 1. The second-order valence-corrected chi connectivity index (χ2v) is 10.1. The van der Waals surface area contributed by atoms with E-state index in [0.717, 1.165) is 15.6 Å². The van der Waals surface area contributed by atoms with Crippen LogP contribution in [0, 0.1) is 6.92 Å². The quantitative estimate of drug-likeness (QED) is 0.710. The third-order valence-corrected chi connectivity index (χ3v) is 7.94. The van der Waals surface area contributed by atoms with Crippen LogP contribution in [0.2, 0.25) is 0 Å². The largest absolute Gasteiger partial charge is 0.448 e. The van der Waals surface area contributed by atoms with Crippen molar-refractivity contribution < 1.29 is 22.7 Å². The molecule has 0 saturated carbocycles. The molecule has 146 valence electrons. The van der Waals surface area contributed by atoms with Crippen LogP contribution in [0.1, 0.15) is 35.5 Å². The molecule has 0 bridgehead atoms. The molecule has 1 fully saturated rings. The molecule has 1 saturated heterocycles. The SMILES string of the molecule is CCN(C(=O)[C@H](C)OC(=O)c1sc2ccccc2c1C)[C@H]1CCS(=O)(=O)C1. The van der Waals surface area contributed by atoms with Gasteiger partial charge in [-0.2, -0.15) is 0 Å². The van der Waals surface area contributed by atoms with E-state index in [1.807, 2.05) is 31.2 Å². The summed E-state index contributed by atoms with van der Waals surface area (Å²) in [5.41, 5.74) is 0.842. The predicted octanol–water partition coefficient (Wildman–Crippen LogP) is 2.79. The molecule has 0 aliphatic carbocycles. The van der Waals surface area contributed by atoms with Crippen LogP contribution >= 0.6 is 11.3 Å². The molecule has 1 aliphatic heterocycles. The van der Waals surface area contributed by atoms with E-state index in [1.165, 1.54) is 23.2 Å². The molecular weight excluding hydrogens is 386 g/mol. The maximum absolute atomic E-state index is 12.8. The number of likely N-dealkylation sites (N-methyl/N-ethyl adjacent to an activating group) is 1. The summed E-state index contributed by atoms with van der Waals surface area (Å²) in [6.45, 7) is 5.58. The standard InChI is InChI=1S/C19H23NO5S2/c1-4-20(14-9-10-27(23,24)11-14)18(21)13(3)25-19(22)17-12(2)15-7-5-6-8-16(15)26-17/h5-8,13-14H,4,9-11H2,1-3H3/t13-,14-/m0/s1. The number of rotatable bonds is 5. The fourth-order valence-corrected chi connectivity index (χ4v) is 6.31. The van der Waals surface area contributed by atoms with E-state index in [-0.39, 0.29) is 23.5 Å². The summed E-state index contributed by atoms with van der Waals surface area (Å²) < 4.78 is 29.9. The number of carbonyl (C=O) groups is 2. The Hall–Kier alpha value is -1.93. The van der Waals surface area contributed by atoms with Crippen LogP contribution in [0.4, 0.5) is 0 Å². The first kappa shape index (κ1) is 19.8. The summed E-state index contributed by atoms with van der Waals surface area (Å²) in [5, 5.41) is 1.000. The van der Waals surface area contributed by atoms with E-state index in [1.54, 1.807) is 6.92 Å². The normalized spacial score (nSPS) is 19.7. The van der Waals surface area contributed by atoms with E-state index in [4.69, 9.17) is 4.74 Å². The van der Waals surface area contributed by atoms with Gasteiger partial charge in [-0.15, -0.1) is 11.3 Å². The van der Waals surface area contributed by atoms with Gasteiger partial charge in [-0.3, -0.25) is 4.79 Å². The number of ether oxygens (including phenoxy) is 1. The molecule has 2 heterocycles. The second kappa shape index (κ2) is 7.59. The van der Waals surface area contributed by atoms with Gasteiger partial charge >= 0.3 is 5.97 Å². The van der Waals surface area contributed by atoms with Crippen molar-refractivity contribution in [1.29, 1.82) is 0 Å². The van der Waals surface area contributed by atoms with Gasteiger partial charge < -0.3 is 9.64 Å². The number of esters is 1. The average Bonchev–Trinajstić information content (AvgIpc) is 3.15. The highest BCUT2D eigenvalue weighted by Gasteiger charge is 2.36. The predicted molar refractivity (Wildman–Crippen MR) is 106 cm³/mol. The molecule has 0 unspecified atom stereocenters. The van der Waals surface area contributed by atoms with Gasteiger partial charge in [0.25, 0.3) is 5.91 Å². The minimum absolute atomic E-state index is 0.0251. The van der Waals surface area contributed by atoms with Crippen LogP contribution in [0.15, 0.2) is 24.3 Å². The van der Waals surface area contributed by atoms with E-state index >= 15 is 0 Å². The number of carbonyl (C=O) groups excluding carboxylic acids is 2. The van der Waals surface area contributed by atoms with Crippen molar-refractivity contribution in [2.45, 2.75) is 39.3 Å². The Labute approximate surface area is 163 Å². The summed E-state index contributed by atoms with van der Waals surface area (Å²) in [5.74, 6) is -0.810.